The van der Waals surface area contributed by atoms with Crippen LogP contribution >= 0.6 is 0 Å². The molecule has 4 rings (SSSR count). The van der Waals surface area contributed by atoms with Gasteiger partial charge in [-0.1, -0.05) is 18.2 Å². The van der Waals surface area contributed by atoms with Crippen molar-refractivity contribution in [1.82, 2.24) is 19.9 Å². The molecule has 6 nitrogen and oxygen atoms in total. The van der Waals surface area contributed by atoms with Gasteiger partial charge in [0.15, 0.2) is 0 Å². The highest BCUT2D eigenvalue weighted by Gasteiger charge is 2.10. The number of hydrogen-bond acceptors (Lipinski definition) is 4. The third-order valence-electron chi connectivity index (χ3n) is 4.27. The highest BCUT2D eigenvalue weighted by Crippen LogP contribution is 2.30. The number of nitrogens with one attached hydrogen (secondary N) is 1. The van der Waals surface area contributed by atoms with Crippen molar-refractivity contribution in [2.75, 3.05) is 0 Å². The molecule has 0 aliphatic heterocycles. The fourth-order valence-electron chi connectivity index (χ4n) is 2.98. The Bertz CT molecular complexity index is 1180. The van der Waals surface area contributed by atoms with Gasteiger partial charge in [-0.05, 0) is 42.3 Å². The van der Waals surface area contributed by atoms with E-state index in [0.29, 0.717) is 0 Å². The summed E-state index contributed by atoms with van der Waals surface area (Å²) < 4.78 is 0. The number of hydrogen-bond donors (Lipinski definition) is 2. The number of amides is 1. The van der Waals surface area contributed by atoms with Crippen molar-refractivity contribution in [2.45, 2.75) is 6.92 Å². The van der Waals surface area contributed by atoms with E-state index in [9.17, 15) is 4.79 Å². The van der Waals surface area contributed by atoms with Crippen molar-refractivity contribution in [1.29, 1.82) is 0 Å². The van der Waals surface area contributed by atoms with Crippen LogP contribution in [0.15, 0.2) is 61.2 Å². The van der Waals surface area contributed by atoms with E-state index in [0.717, 1.165) is 44.7 Å². The number of H-pyrrole nitrogens is 1. The second-order valence-corrected chi connectivity index (χ2v) is 6.23. The molecule has 27 heavy (non-hydrogen) atoms. The number of aryl methyl sites for hydroxylation is 1. The molecular weight excluding hydrogens is 338 g/mol. The lowest BCUT2D eigenvalue weighted by molar-refractivity contribution is -0.113. The number of rotatable bonds is 4. The minimum atomic E-state index is -0.472. The van der Waals surface area contributed by atoms with Crippen LogP contribution in [0.1, 0.15) is 11.3 Å². The van der Waals surface area contributed by atoms with Crippen LogP contribution in [0.4, 0.5) is 0 Å². The van der Waals surface area contributed by atoms with E-state index < -0.39 is 5.91 Å². The highest BCUT2D eigenvalue weighted by atomic mass is 16.1. The predicted octanol–water partition coefficient (Wildman–Crippen LogP) is 3.49. The van der Waals surface area contributed by atoms with Gasteiger partial charge < -0.3 is 10.7 Å². The maximum absolute atomic E-state index is 11.0. The first-order valence-corrected chi connectivity index (χ1v) is 8.44. The number of nitrogens with two attached hydrogens (primary N) is 1. The lowest BCUT2D eigenvalue weighted by Crippen LogP contribution is -2.05. The zero-order valence-corrected chi connectivity index (χ0v) is 14.7. The Balaban J connectivity index is 1.79. The summed E-state index contributed by atoms with van der Waals surface area (Å²) >= 11 is 0. The maximum atomic E-state index is 11.0. The number of fused-ring (bicyclic) bond motifs is 1. The summed E-state index contributed by atoms with van der Waals surface area (Å²) in [6.45, 7) is 1.94. The smallest absolute Gasteiger partial charge is 0.241 e. The summed E-state index contributed by atoms with van der Waals surface area (Å²) in [5.74, 6) is -0.472. The molecule has 0 unspecified atom stereocenters. The molecule has 3 aromatic heterocycles. The molecule has 0 bridgehead atoms. The van der Waals surface area contributed by atoms with E-state index in [1.165, 1.54) is 6.08 Å². The average molecular weight is 355 g/mol. The van der Waals surface area contributed by atoms with Gasteiger partial charge in [-0.15, -0.1) is 0 Å². The number of nitrogens with zero attached hydrogens (tertiary/aromatic N) is 3. The second kappa shape index (κ2) is 6.84. The normalized spacial score (nSPS) is 11.3. The molecule has 132 valence electrons. The molecule has 3 N–H and O–H groups in total. The molecule has 1 aromatic carbocycles. The van der Waals surface area contributed by atoms with E-state index >= 15 is 0 Å². The molecule has 0 atom stereocenters. The summed E-state index contributed by atoms with van der Waals surface area (Å²) in [5.41, 5.74) is 11.6. The van der Waals surface area contributed by atoms with E-state index in [1.807, 2.05) is 49.6 Å². The highest BCUT2D eigenvalue weighted by molar-refractivity contribution is 5.95. The van der Waals surface area contributed by atoms with Gasteiger partial charge >= 0.3 is 0 Å². The average Bonchev–Trinajstić information content (AvgIpc) is 3.10. The van der Waals surface area contributed by atoms with Gasteiger partial charge in [-0.3, -0.25) is 4.79 Å². The first-order valence-electron chi connectivity index (χ1n) is 8.44. The van der Waals surface area contributed by atoms with Crippen LogP contribution in [0.3, 0.4) is 0 Å². The van der Waals surface area contributed by atoms with Crippen LogP contribution in [0.25, 0.3) is 39.5 Å². The van der Waals surface area contributed by atoms with E-state index in [4.69, 9.17) is 5.73 Å². The quantitative estimate of drug-likeness (QED) is 0.548. The zero-order valence-electron chi connectivity index (χ0n) is 14.7. The Morgan fingerprint density at radius 1 is 1.11 bits per heavy atom. The molecule has 0 saturated carbocycles. The van der Waals surface area contributed by atoms with Crippen LogP contribution < -0.4 is 5.73 Å². The second-order valence-electron chi connectivity index (χ2n) is 6.23. The Morgan fingerprint density at radius 3 is 2.81 bits per heavy atom. The number of benzene rings is 1. The number of aromatic amines is 1. The number of carbonyl (C=O) groups is 1. The SMILES string of the molecule is Cc1cc(-c2c[nH]c3ncc(-c4cccc(C=CC(N)=O)c4)cc23)ncn1. The molecule has 0 aliphatic carbocycles. The molecule has 0 saturated heterocycles. The summed E-state index contributed by atoms with van der Waals surface area (Å²) in [4.78, 5) is 27.2. The molecule has 0 radical (unpaired) electrons. The zero-order chi connectivity index (χ0) is 18.8. The molecular formula is C21H17N5O. The summed E-state index contributed by atoms with van der Waals surface area (Å²) in [6, 6.07) is 11.9. The van der Waals surface area contributed by atoms with Crippen LogP contribution in [0.2, 0.25) is 0 Å². The van der Waals surface area contributed by atoms with E-state index in [1.54, 1.807) is 12.4 Å². The number of primary amides is 1. The predicted molar refractivity (Wildman–Crippen MR) is 106 cm³/mol. The standard InChI is InChI=1S/C21H17N5O/c1-13-7-19(26-12-25-13)18-11-24-21-17(18)9-16(10-23-21)15-4-2-3-14(8-15)5-6-20(22)27/h2-12H,1H3,(H2,22,27)(H,23,24). The maximum Gasteiger partial charge on any atom is 0.241 e. The number of aromatic nitrogens is 4. The Hall–Kier alpha value is -3.80. The van der Waals surface area contributed by atoms with Crippen molar-refractivity contribution >= 4 is 23.0 Å². The molecule has 4 aromatic rings. The van der Waals surface area contributed by atoms with Gasteiger partial charge in [0, 0.05) is 40.7 Å². The Morgan fingerprint density at radius 2 is 2.00 bits per heavy atom. The van der Waals surface area contributed by atoms with Crippen molar-refractivity contribution in [3.8, 4) is 22.4 Å². The lowest BCUT2D eigenvalue weighted by Gasteiger charge is -2.05. The minimum absolute atomic E-state index is 0.472. The van der Waals surface area contributed by atoms with Crippen molar-refractivity contribution in [3.63, 3.8) is 0 Å². The largest absolute Gasteiger partial charge is 0.366 e. The van der Waals surface area contributed by atoms with Crippen LogP contribution in [0.5, 0.6) is 0 Å². The van der Waals surface area contributed by atoms with Gasteiger partial charge in [0.2, 0.25) is 5.91 Å². The number of carbonyl (C=O) groups excluding carboxylic acids is 1. The van der Waals surface area contributed by atoms with E-state index in [2.05, 4.69) is 26.0 Å². The Labute approximate surface area is 155 Å². The van der Waals surface area contributed by atoms with Crippen LogP contribution in [-0.2, 0) is 4.79 Å². The minimum Gasteiger partial charge on any atom is -0.366 e. The van der Waals surface area contributed by atoms with Crippen molar-refractivity contribution in [2.24, 2.45) is 5.73 Å². The van der Waals surface area contributed by atoms with Crippen LogP contribution in [0, 0.1) is 6.92 Å². The number of pyridine rings is 1. The lowest BCUT2D eigenvalue weighted by atomic mass is 10.0. The van der Waals surface area contributed by atoms with E-state index in [-0.39, 0.29) is 0 Å². The molecule has 6 heteroatoms. The fourth-order valence-corrected chi connectivity index (χ4v) is 2.98. The first kappa shape index (κ1) is 16.7. The molecule has 0 aliphatic rings. The van der Waals surface area contributed by atoms with Gasteiger partial charge in [0.05, 0.1) is 5.69 Å². The van der Waals surface area contributed by atoms with Crippen molar-refractivity contribution < 1.29 is 4.79 Å². The Kier molecular flexibility index (Phi) is 4.22. The summed E-state index contributed by atoms with van der Waals surface area (Å²) in [5, 5.41) is 0.990. The topological polar surface area (TPSA) is 97.6 Å². The molecule has 1 amide bonds. The van der Waals surface area contributed by atoms with Gasteiger partial charge in [-0.25, -0.2) is 15.0 Å². The third kappa shape index (κ3) is 3.46. The van der Waals surface area contributed by atoms with Crippen LogP contribution in [-0.4, -0.2) is 25.8 Å². The third-order valence-corrected chi connectivity index (χ3v) is 4.27. The van der Waals surface area contributed by atoms with Gasteiger partial charge in [0.1, 0.15) is 12.0 Å². The summed E-state index contributed by atoms with van der Waals surface area (Å²) in [6.07, 6.45) is 8.35. The molecule has 0 spiro atoms. The van der Waals surface area contributed by atoms with Gasteiger partial charge in [-0.2, -0.15) is 0 Å². The first-order chi connectivity index (χ1) is 13.1. The monoisotopic (exact) mass is 355 g/mol. The molecule has 0 fully saturated rings. The fraction of sp³-hybridized carbons (Fsp3) is 0.0476. The molecule has 3 heterocycles. The summed E-state index contributed by atoms with van der Waals surface area (Å²) in [7, 11) is 0. The van der Waals surface area contributed by atoms with Crippen molar-refractivity contribution in [3.05, 3.63) is 72.5 Å². The van der Waals surface area contributed by atoms with Gasteiger partial charge in [0.25, 0.3) is 0 Å².